The zero-order valence-corrected chi connectivity index (χ0v) is 29.4. The molecule has 1 saturated carbocycles. The number of hydrogen-bond donors (Lipinski definition) is 2. The average molecular weight is 717 g/mol. The molecule has 0 bridgehead atoms. The van der Waals surface area contributed by atoms with E-state index in [-0.39, 0.29) is 29.0 Å². The summed E-state index contributed by atoms with van der Waals surface area (Å²) in [4.78, 5) is 49.4. The molecular weight excluding hydrogens is 681 g/mol. The van der Waals surface area contributed by atoms with Gasteiger partial charge in [0.05, 0.1) is 46.6 Å². The molecule has 0 spiro atoms. The molecule has 1 saturated heterocycles. The van der Waals surface area contributed by atoms with Crippen LogP contribution in [0.4, 0.5) is 11.5 Å². The number of benzene rings is 2. The van der Waals surface area contributed by atoms with Crippen molar-refractivity contribution < 1.29 is 14.3 Å². The number of methoxy groups -OCH3 is 1. The van der Waals surface area contributed by atoms with Gasteiger partial charge in [-0.25, -0.2) is 14.8 Å². The van der Waals surface area contributed by atoms with Gasteiger partial charge in [-0.2, -0.15) is 0 Å². The van der Waals surface area contributed by atoms with Gasteiger partial charge < -0.3 is 20.5 Å². The number of esters is 1. The van der Waals surface area contributed by atoms with E-state index >= 15 is 0 Å². The van der Waals surface area contributed by atoms with Gasteiger partial charge in [0.1, 0.15) is 11.2 Å². The number of hydrogen-bond acceptors (Lipinski definition) is 10. The fourth-order valence-corrected chi connectivity index (χ4v) is 7.78. The second-order valence-corrected chi connectivity index (χ2v) is 13.5. The van der Waals surface area contributed by atoms with Crippen LogP contribution in [0.1, 0.15) is 12.5 Å². The smallest absolute Gasteiger partial charge is 0.330 e. The largest absolute Gasteiger partial charge is 0.481 e. The van der Waals surface area contributed by atoms with Gasteiger partial charge >= 0.3 is 11.7 Å². The van der Waals surface area contributed by atoms with Crippen molar-refractivity contribution in [3.05, 3.63) is 97.2 Å². The number of anilines is 2. The molecule has 2 aromatic carbocycles. The molecule has 1 aliphatic heterocycles. The van der Waals surface area contributed by atoms with Gasteiger partial charge in [0, 0.05) is 73.6 Å². The Labute approximate surface area is 297 Å². The molecule has 3 atom stereocenters. The molecule has 50 heavy (non-hydrogen) atoms. The Hall–Kier alpha value is -4.75. The van der Waals surface area contributed by atoms with Gasteiger partial charge in [0.15, 0.2) is 0 Å². The summed E-state index contributed by atoms with van der Waals surface area (Å²) in [7, 11) is 4.61. The Kier molecular flexibility index (Phi) is 8.67. The number of likely N-dealkylation sites (tertiary alicyclic amines) is 1. The number of piperidine rings is 1. The summed E-state index contributed by atoms with van der Waals surface area (Å²) in [5.41, 5.74) is 9.56. The highest BCUT2D eigenvalue weighted by Gasteiger charge is 2.70. The first-order chi connectivity index (χ1) is 24.0. The number of halogens is 2. The summed E-state index contributed by atoms with van der Waals surface area (Å²) in [5, 5.41) is 4.26. The van der Waals surface area contributed by atoms with Crippen molar-refractivity contribution in [3.63, 3.8) is 0 Å². The van der Waals surface area contributed by atoms with Crippen LogP contribution in [0.25, 0.3) is 33.3 Å². The number of nitrogens with one attached hydrogen (secondary N) is 1. The van der Waals surface area contributed by atoms with Gasteiger partial charge in [-0.1, -0.05) is 59.6 Å². The van der Waals surface area contributed by atoms with Crippen molar-refractivity contribution in [2.24, 2.45) is 31.7 Å². The van der Waals surface area contributed by atoms with E-state index < -0.39 is 16.8 Å². The fourth-order valence-electron chi connectivity index (χ4n) is 7.18. The summed E-state index contributed by atoms with van der Waals surface area (Å²) in [6.07, 6.45) is 1.53. The van der Waals surface area contributed by atoms with Crippen LogP contribution in [0.15, 0.2) is 70.4 Å². The number of nitrogens with zero attached hydrogens (tertiary/aromatic N) is 5. The molecule has 3 N–H and O–H groups in total. The molecular formula is C36H35Cl2N7O5. The minimum atomic E-state index is -0.558. The van der Waals surface area contributed by atoms with Crippen LogP contribution >= 0.6 is 23.2 Å². The fraction of sp³-hybridized carbons (Fsp3) is 0.306. The molecule has 2 aliphatic rings. The maximum absolute atomic E-state index is 13.1. The normalized spacial score (nSPS) is 19.7. The molecule has 14 heteroatoms. The summed E-state index contributed by atoms with van der Waals surface area (Å²) >= 11 is 14.1. The molecule has 7 rings (SSSR count). The van der Waals surface area contributed by atoms with Gasteiger partial charge in [-0.05, 0) is 25.1 Å². The van der Waals surface area contributed by atoms with Crippen LogP contribution in [0, 0.1) is 11.8 Å². The Bertz CT molecular complexity index is 2310. The van der Waals surface area contributed by atoms with Gasteiger partial charge in [-0.3, -0.25) is 23.6 Å². The third kappa shape index (κ3) is 5.52. The number of rotatable bonds is 9. The topological polar surface area (TPSA) is 147 Å². The van der Waals surface area contributed by atoms with E-state index in [1.165, 1.54) is 17.8 Å². The molecule has 258 valence electrons. The molecule has 2 fully saturated rings. The average Bonchev–Trinajstić information content (AvgIpc) is 3.53. The van der Waals surface area contributed by atoms with E-state index in [0.29, 0.717) is 75.8 Å². The number of pyridine rings is 2. The number of carbonyl (C=O) groups is 1. The summed E-state index contributed by atoms with van der Waals surface area (Å²) < 4.78 is 13.4. The second kappa shape index (κ2) is 12.9. The Morgan fingerprint density at radius 1 is 1.02 bits per heavy atom. The Morgan fingerprint density at radius 3 is 2.44 bits per heavy atom. The highest BCUT2D eigenvalue weighted by molar-refractivity contribution is 6.39. The molecule has 0 radical (unpaired) electrons. The predicted octanol–water partition coefficient (Wildman–Crippen LogP) is 4.74. The molecule has 12 nitrogen and oxygen atoms in total. The van der Waals surface area contributed by atoms with Crippen molar-refractivity contribution in [2.75, 3.05) is 32.1 Å². The monoisotopic (exact) mass is 715 g/mol. The van der Waals surface area contributed by atoms with Crippen molar-refractivity contribution in [1.82, 2.24) is 24.0 Å². The molecule has 0 unspecified atom stereocenters. The quantitative estimate of drug-likeness (QED) is 0.205. The van der Waals surface area contributed by atoms with Crippen molar-refractivity contribution >= 4 is 51.6 Å². The van der Waals surface area contributed by atoms with E-state index in [9.17, 15) is 14.4 Å². The van der Waals surface area contributed by atoms with E-state index in [1.54, 1.807) is 33.2 Å². The molecule has 0 amide bonds. The second-order valence-electron chi connectivity index (χ2n) is 12.7. The lowest BCUT2D eigenvalue weighted by Gasteiger charge is -2.22. The molecule has 1 aliphatic carbocycles. The van der Waals surface area contributed by atoms with E-state index in [2.05, 4.69) is 15.2 Å². The standard InChI is InChI=1S/C36H35Cl2N7O5/c1-5-50-34(47)28-23-17-45(18-36(23,28)39)16-19-12-13-24(42-32(19)49-4)22-10-6-8-20(29(22)37)21-9-7-11-25(30(21)38)41-31-27-26(14-15-40-31)43(2)35(48)44(3)33(27)46/h6-15,23,28H,5,16-18,39H2,1-4H3,(H,40,41)/t23-,28+,36+/m1/s1. The minimum Gasteiger partial charge on any atom is -0.481 e. The number of aryl methyl sites for hydroxylation is 1. The van der Waals surface area contributed by atoms with E-state index in [4.69, 9.17) is 43.4 Å². The van der Waals surface area contributed by atoms with Crippen LogP contribution in [-0.4, -0.2) is 62.3 Å². The van der Waals surface area contributed by atoms with Crippen LogP contribution in [0.5, 0.6) is 5.88 Å². The number of ether oxygens (including phenoxy) is 2. The molecule has 5 aromatic rings. The van der Waals surface area contributed by atoms with Gasteiger partial charge in [-0.15, -0.1) is 0 Å². The van der Waals surface area contributed by atoms with Gasteiger partial charge in [0.2, 0.25) is 5.88 Å². The maximum Gasteiger partial charge on any atom is 0.330 e. The summed E-state index contributed by atoms with van der Waals surface area (Å²) in [5.74, 6) is 0.344. The number of fused-ring (bicyclic) bond motifs is 2. The molecule has 4 heterocycles. The lowest BCUT2D eigenvalue weighted by Crippen LogP contribution is -2.38. The zero-order valence-electron chi connectivity index (χ0n) is 27.9. The first-order valence-electron chi connectivity index (χ1n) is 16.1. The maximum atomic E-state index is 13.1. The summed E-state index contributed by atoms with van der Waals surface area (Å²) in [6, 6.07) is 16.6. The van der Waals surface area contributed by atoms with E-state index in [0.717, 1.165) is 10.1 Å². The van der Waals surface area contributed by atoms with Crippen LogP contribution in [0.2, 0.25) is 10.0 Å². The third-order valence-electron chi connectivity index (χ3n) is 9.78. The number of nitrogens with two attached hydrogens (primary N) is 1. The van der Waals surface area contributed by atoms with Crippen molar-refractivity contribution in [3.8, 4) is 28.3 Å². The Morgan fingerprint density at radius 2 is 1.74 bits per heavy atom. The highest BCUT2D eigenvalue weighted by atomic mass is 35.5. The Balaban J connectivity index is 1.16. The van der Waals surface area contributed by atoms with E-state index in [1.807, 2.05) is 42.5 Å². The minimum absolute atomic E-state index is 0.0766. The molecule has 3 aromatic heterocycles. The third-order valence-corrected chi connectivity index (χ3v) is 10.6. The highest BCUT2D eigenvalue weighted by Crippen LogP contribution is 2.54. The van der Waals surface area contributed by atoms with Crippen LogP contribution in [-0.2, 0) is 30.2 Å². The SMILES string of the molecule is CCOC(=O)[C@@H]1[C@H]2CN(Cc3ccc(-c4cccc(-c5cccc(Nc6nccc7c6c(=O)n(C)c(=O)n7C)c5Cl)c4Cl)nc3OC)C[C@]21N. The lowest BCUT2D eigenvalue weighted by atomic mass is 10.00. The zero-order chi connectivity index (χ0) is 35.5. The first kappa shape index (κ1) is 33.7. The lowest BCUT2D eigenvalue weighted by molar-refractivity contribution is -0.145. The van der Waals surface area contributed by atoms with Crippen molar-refractivity contribution in [1.29, 1.82) is 0 Å². The first-order valence-corrected chi connectivity index (χ1v) is 16.8. The van der Waals surface area contributed by atoms with Gasteiger partial charge in [0.25, 0.3) is 5.56 Å². The van der Waals surface area contributed by atoms with Crippen molar-refractivity contribution in [2.45, 2.75) is 19.0 Å². The van der Waals surface area contributed by atoms with Crippen LogP contribution < -0.4 is 27.0 Å². The number of carbonyl (C=O) groups excluding carboxylic acids is 1. The predicted molar refractivity (Wildman–Crippen MR) is 193 cm³/mol. The number of aromatic nitrogens is 4. The summed E-state index contributed by atoms with van der Waals surface area (Å²) in [6.45, 7) is 3.99. The van der Waals surface area contributed by atoms with Crippen LogP contribution in [0.3, 0.4) is 0 Å².